The van der Waals surface area contributed by atoms with Crippen LogP contribution < -0.4 is 14.4 Å². The van der Waals surface area contributed by atoms with Gasteiger partial charge in [0, 0.05) is 50.3 Å². The fourth-order valence-corrected chi connectivity index (χ4v) is 7.44. The van der Waals surface area contributed by atoms with Crippen molar-refractivity contribution in [2.24, 2.45) is 4.99 Å². The lowest BCUT2D eigenvalue weighted by molar-refractivity contribution is -0.132. The number of carbonyl (C=O) groups excluding carboxylic acids is 4. The van der Waals surface area contributed by atoms with E-state index in [9.17, 15) is 19.2 Å². The molecule has 0 N–H and O–H groups in total. The molecular formula is C39H42N6O7. The van der Waals surface area contributed by atoms with Crippen molar-refractivity contribution in [1.82, 2.24) is 19.8 Å². The number of aliphatic imine (C=N–C) groups is 1. The molecule has 0 spiro atoms. The summed E-state index contributed by atoms with van der Waals surface area (Å²) in [6.07, 6.45) is 3.91. The Balaban J connectivity index is 0.787. The molecule has 13 nitrogen and oxygen atoms in total. The van der Waals surface area contributed by atoms with Crippen molar-refractivity contribution in [2.75, 3.05) is 50.9 Å². The summed E-state index contributed by atoms with van der Waals surface area (Å²) in [5, 5.41) is 0. The van der Waals surface area contributed by atoms with Crippen LogP contribution in [0.4, 0.5) is 5.82 Å². The lowest BCUT2D eigenvalue weighted by atomic mass is 9.92. The number of benzene rings is 2. The molecule has 2 amide bonds. The van der Waals surface area contributed by atoms with Gasteiger partial charge in [0.1, 0.15) is 41.6 Å². The van der Waals surface area contributed by atoms with E-state index >= 15 is 0 Å². The van der Waals surface area contributed by atoms with Crippen molar-refractivity contribution in [2.45, 2.75) is 70.2 Å². The van der Waals surface area contributed by atoms with Crippen LogP contribution in [0.5, 0.6) is 11.5 Å². The standard InChI is InChI=1S/C39H42N6O7/c1-24-22-44(35-20-32(41-23-42-35)36-30-19-28(52-39(2)9-10-39)5-3-25(30)21-40-36)12-11-43(24)13-14-50-15-16-51-27-6-7-29-31(18-27)38(49)45(37(29)48)33-8-4-26(46)17-34(33)47/h3,5-7,18-20,23-24,33H,4,8-17,21-22H2,1-2H3/t24-,33?/m0/s1. The Morgan fingerprint density at radius 3 is 2.50 bits per heavy atom. The molecule has 0 bridgehead atoms. The number of piperazine rings is 1. The highest BCUT2D eigenvalue weighted by atomic mass is 16.5. The number of fused-ring (bicyclic) bond motifs is 2. The van der Waals surface area contributed by atoms with E-state index in [4.69, 9.17) is 19.2 Å². The molecule has 3 aliphatic heterocycles. The zero-order valence-electron chi connectivity index (χ0n) is 29.5. The molecule has 5 aliphatic rings. The van der Waals surface area contributed by atoms with Gasteiger partial charge in [0.2, 0.25) is 0 Å². The molecule has 2 atom stereocenters. The van der Waals surface area contributed by atoms with Gasteiger partial charge in [0.25, 0.3) is 11.8 Å². The summed E-state index contributed by atoms with van der Waals surface area (Å²) >= 11 is 0. The van der Waals surface area contributed by atoms with Crippen molar-refractivity contribution in [3.8, 4) is 11.5 Å². The molecule has 52 heavy (non-hydrogen) atoms. The van der Waals surface area contributed by atoms with Gasteiger partial charge in [-0.15, -0.1) is 0 Å². The first-order chi connectivity index (χ1) is 25.2. The number of Topliss-reactive ketones (excluding diaryl/α,β-unsaturated/α-hetero) is 2. The van der Waals surface area contributed by atoms with Crippen molar-refractivity contribution >= 4 is 34.9 Å². The van der Waals surface area contributed by atoms with Gasteiger partial charge in [-0.1, -0.05) is 6.07 Å². The maximum Gasteiger partial charge on any atom is 0.262 e. The molecule has 4 heterocycles. The van der Waals surface area contributed by atoms with Gasteiger partial charge >= 0.3 is 0 Å². The third kappa shape index (κ3) is 6.82. The predicted octanol–water partition coefficient (Wildman–Crippen LogP) is 3.65. The Morgan fingerprint density at radius 1 is 0.885 bits per heavy atom. The second-order valence-corrected chi connectivity index (χ2v) is 14.5. The fourth-order valence-electron chi connectivity index (χ4n) is 7.44. The first-order valence-electron chi connectivity index (χ1n) is 18.1. The number of hydrogen-bond acceptors (Lipinski definition) is 12. The van der Waals surface area contributed by atoms with Gasteiger partial charge in [0.05, 0.1) is 54.8 Å². The third-order valence-electron chi connectivity index (χ3n) is 10.7. The zero-order chi connectivity index (χ0) is 36.0. The molecule has 2 aromatic carbocycles. The molecule has 1 saturated heterocycles. The third-order valence-corrected chi connectivity index (χ3v) is 10.7. The number of rotatable bonds is 12. The van der Waals surface area contributed by atoms with Crippen molar-refractivity contribution in [3.63, 3.8) is 0 Å². The van der Waals surface area contributed by atoms with Crippen LogP contribution in [0.1, 0.15) is 83.5 Å². The van der Waals surface area contributed by atoms with Crippen LogP contribution in [0, 0.1) is 0 Å². The Bertz CT molecular complexity index is 1980. The smallest absolute Gasteiger partial charge is 0.262 e. The highest BCUT2D eigenvalue weighted by molar-refractivity contribution is 6.24. The van der Waals surface area contributed by atoms with E-state index in [1.165, 1.54) is 11.6 Å². The van der Waals surface area contributed by atoms with Crippen molar-refractivity contribution in [3.05, 3.63) is 76.7 Å². The maximum absolute atomic E-state index is 13.1. The lowest BCUT2D eigenvalue weighted by Crippen LogP contribution is -2.53. The summed E-state index contributed by atoms with van der Waals surface area (Å²) in [6.45, 7) is 9.46. The lowest BCUT2D eigenvalue weighted by Gasteiger charge is -2.40. The minimum absolute atomic E-state index is 0.0437. The minimum atomic E-state index is -0.894. The average Bonchev–Trinajstić information content (AvgIpc) is 3.62. The Labute approximate surface area is 302 Å². The molecule has 2 saturated carbocycles. The van der Waals surface area contributed by atoms with E-state index in [0.29, 0.717) is 25.5 Å². The van der Waals surface area contributed by atoms with Gasteiger partial charge in [-0.25, -0.2) is 9.97 Å². The number of hydrogen-bond donors (Lipinski definition) is 0. The second kappa shape index (κ2) is 13.8. The molecule has 0 radical (unpaired) electrons. The van der Waals surface area contributed by atoms with Gasteiger partial charge in [0.15, 0.2) is 5.78 Å². The minimum Gasteiger partial charge on any atom is -0.491 e. The molecule has 13 heteroatoms. The summed E-state index contributed by atoms with van der Waals surface area (Å²) in [5.74, 6) is 0.629. The zero-order valence-corrected chi connectivity index (χ0v) is 29.5. The molecule has 3 aromatic rings. The SMILES string of the molecule is C[C@H]1CN(c2cc(C3=NCc4ccc(OC5(C)CC5)cc43)ncn2)CCN1CCOCCOc1ccc2c(c1)C(=O)N(C1CCC(=O)CC1=O)C2=O. The molecule has 2 aliphatic carbocycles. The van der Waals surface area contributed by atoms with Crippen LogP contribution in [-0.2, 0) is 20.9 Å². The van der Waals surface area contributed by atoms with E-state index < -0.39 is 17.9 Å². The first kappa shape index (κ1) is 34.1. The van der Waals surface area contributed by atoms with Crippen LogP contribution >= 0.6 is 0 Å². The molecule has 1 aromatic heterocycles. The van der Waals surface area contributed by atoms with Gasteiger partial charge in [-0.05, 0) is 69.0 Å². The summed E-state index contributed by atoms with van der Waals surface area (Å²) in [6, 6.07) is 12.4. The predicted molar refractivity (Wildman–Crippen MR) is 190 cm³/mol. The van der Waals surface area contributed by atoms with E-state index in [1.807, 2.05) is 12.1 Å². The van der Waals surface area contributed by atoms with Crippen LogP contribution in [0.3, 0.4) is 0 Å². The average molecular weight is 707 g/mol. The summed E-state index contributed by atoms with van der Waals surface area (Å²) in [7, 11) is 0. The molecular weight excluding hydrogens is 664 g/mol. The number of nitrogens with zero attached hydrogens (tertiary/aromatic N) is 6. The highest BCUT2D eigenvalue weighted by Crippen LogP contribution is 2.40. The van der Waals surface area contributed by atoms with Crippen LogP contribution in [-0.4, -0.2) is 113 Å². The molecule has 1 unspecified atom stereocenters. The van der Waals surface area contributed by atoms with E-state index in [2.05, 4.69) is 45.7 Å². The van der Waals surface area contributed by atoms with E-state index in [1.54, 1.807) is 18.5 Å². The van der Waals surface area contributed by atoms with E-state index in [-0.39, 0.29) is 60.2 Å². The first-order valence-corrected chi connectivity index (χ1v) is 18.1. The fraction of sp³-hybridized carbons (Fsp3) is 0.462. The Hall–Kier alpha value is -5.01. The number of ether oxygens (including phenoxy) is 3. The summed E-state index contributed by atoms with van der Waals surface area (Å²) in [5.41, 5.74) is 4.37. The van der Waals surface area contributed by atoms with E-state index in [0.717, 1.165) is 72.5 Å². The normalized spacial score (nSPS) is 22.4. The number of aromatic nitrogens is 2. The number of carbonyl (C=O) groups is 4. The van der Waals surface area contributed by atoms with Gasteiger partial charge < -0.3 is 19.1 Å². The number of amides is 2. The van der Waals surface area contributed by atoms with Crippen LogP contribution in [0.15, 0.2) is 53.8 Å². The highest BCUT2D eigenvalue weighted by Gasteiger charge is 2.44. The number of anilines is 1. The summed E-state index contributed by atoms with van der Waals surface area (Å²) < 4.78 is 17.9. The topological polar surface area (TPSA) is 144 Å². The molecule has 3 fully saturated rings. The largest absolute Gasteiger partial charge is 0.491 e. The van der Waals surface area contributed by atoms with Crippen LogP contribution in [0.25, 0.3) is 0 Å². The number of ketones is 2. The number of imide groups is 1. The van der Waals surface area contributed by atoms with Crippen LogP contribution in [0.2, 0.25) is 0 Å². The van der Waals surface area contributed by atoms with Gasteiger partial charge in [-0.2, -0.15) is 0 Å². The maximum atomic E-state index is 13.1. The van der Waals surface area contributed by atoms with Crippen molar-refractivity contribution in [1.29, 1.82) is 0 Å². The molecule has 8 rings (SSSR count). The monoisotopic (exact) mass is 706 g/mol. The van der Waals surface area contributed by atoms with Gasteiger partial charge in [-0.3, -0.25) is 34.0 Å². The summed E-state index contributed by atoms with van der Waals surface area (Å²) in [4.78, 5) is 69.9. The quantitative estimate of drug-likeness (QED) is 0.155. The molecule has 270 valence electrons. The second-order valence-electron chi connectivity index (χ2n) is 14.5. The Kier molecular flexibility index (Phi) is 9.08. The Morgan fingerprint density at radius 2 is 1.69 bits per heavy atom. The van der Waals surface area contributed by atoms with Crippen molar-refractivity contribution < 1.29 is 33.4 Å².